The molecule has 0 saturated carbocycles. The normalized spacial score (nSPS) is 15.3. The van der Waals surface area contributed by atoms with E-state index in [1.165, 1.54) is 11.3 Å². The van der Waals surface area contributed by atoms with Crippen molar-refractivity contribution in [2.45, 2.75) is 0 Å². The molecular formula is C12H11ClN4O2S. The second-order valence-corrected chi connectivity index (χ2v) is 5.60. The number of anilines is 1. The fourth-order valence-electron chi connectivity index (χ4n) is 1.89. The van der Waals surface area contributed by atoms with Gasteiger partial charge in [0, 0.05) is 13.1 Å². The summed E-state index contributed by atoms with van der Waals surface area (Å²) in [6.45, 7) is 2.74. The van der Waals surface area contributed by atoms with Crippen LogP contribution in [-0.4, -0.2) is 47.5 Å². The summed E-state index contributed by atoms with van der Waals surface area (Å²) in [6.07, 6.45) is 0.805. The van der Waals surface area contributed by atoms with E-state index in [-0.39, 0.29) is 5.28 Å². The van der Waals surface area contributed by atoms with Gasteiger partial charge in [-0.3, -0.25) is 4.79 Å². The minimum absolute atomic E-state index is 0.151. The van der Waals surface area contributed by atoms with E-state index in [0.29, 0.717) is 29.9 Å². The predicted octanol–water partition coefficient (Wildman–Crippen LogP) is 1.90. The lowest BCUT2D eigenvalue weighted by Crippen LogP contribution is -2.37. The van der Waals surface area contributed by atoms with Crippen LogP contribution in [0.25, 0.3) is 10.7 Å². The number of carbonyl (C=O) groups excluding carboxylic acids is 1. The summed E-state index contributed by atoms with van der Waals surface area (Å²) < 4.78 is 5.30. The first-order valence-electron chi connectivity index (χ1n) is 6.06. The minimum Gasteiger partial charge on any atom is -0.378 e. The van der Waals surface area contributed by atoms with Gasteiger partial charge in [0.2, 0.25) is 11.2 Å². The van der Waals surface area contributed by atoms with E-state index >= 15 is 0 Å². The maximum Gasteiger partial charge on any atom is 0.230 e. The average molecular weight is 311 g/mol. The monoisotopic (exact) mass is 310 g/mol. The molecular weight excluding hydrogens is 300 g/mol. The number of nitrogens with zero attached hydrogens (tertiary/aromatic N) is 4. The van der Waals surface area contributed by atoms with Crippen LogP contribution < -0.4 is 4.90 Å². The van der Waals surface area contributed by atoms with Crippen molar-refractivity contribution in [1.29, 1.82) is 0 Å². The third-order valence-corrected chi connectivity index (χ3v) is 4.03. The lowest BCUT2D eigenvalue weighted by molar-refractivity contribution is 0.112. The van der Waals surface area contributed by atoms with Gasteiger partial charge in [-0.25, -0.2) is 0 Å². The molecule has 0 aliphatic carbocycles. The van der Waals surface area contributed by atoms with E-state index in [1.54, 1.807) is 6.07 Å². The fourth-order valence-corrected chi connectivity index (χ4v) is 2.80. The van der Waals surface area contributed by atoms with Crippen LogP contribution in [0.4, 0.5) is 5.95 Å². The third kappa shape index (κ3) is 2.79. The molecule has 0 amide bonds. The average Bonchev–Trinajstić information content (AvgIpc) is 2.96. The maximum atomic E-state index is 10.7. The zero-order valence-corrected chi connectivity index (χ0v) is 12.0. The number of carbonyl (C=O) groups is 1. The second kappa shape index (κ2) is 5.82. The highest BCUT2D eigenvalue weighted by Crippen LogP contribution is 2.26. The lowest BCUT2D eigenvalue weighted by Gasteiger charge is -2.26. The van der Waals surface area contributed by atoms with Gasteiger partial charge in [0.05, 0.1) is 23.0 Å². The Kier molecular flexibility index (Phi) is 3.90. The molecule has 0 atom stereocenters. The molecule has 1 saturated heterocycles. The minimum atomic E-state index is 0.151. The van der Waals surface area contributed by atoms with Gasteiger partial charge in [-0.2, -0.15) is 15.0 Å². The van der Waals surface area contributed by atoms with Gasteiger partial charge in [0.1, 0.15) is 0 Å². The highest BCUT2D eigenvalue weighted by molar-refractivity contribution is 7.16. The molecule has 3 heterocycles. The fraction of sp³-hybridized carbons (Fsp3) is 0.333. The molecule has 1 aliphatic rings. The van der Waals surface area contributed by atoms with Crippen LogP contribution >= 0.6 is 22.9 Å². The molecule has 0 spiro atoms. The van der Waals surface area contributed by atoms with Crippen molar-refractivity contribution < 1.29 is 9.53 Å². The molecule has 0 unspecified atom stereocenters. The summed E-state index contributed by atoms with van der Waals surface area (Å²) in [4.78, 5) is 26.9. The molecule has 1 aliphatic heterocycles. The van der Waals surface area contributed by atoms with Crippen LogP contribution in [0.2, 0.25) is 5.28 Å². The Hall–Kier alpha value is -1.57. The number of morpholine rings is 1. The van der Waals surface area contributed by atoms with Gasteiger partial charge in [0.15, 0.2) is 12.1 Å². The summed E-state index contributed by atoms with van der Waals surface area (Å²) in [6, 6.07) is 3.54. The van der Waals surface area contributed by atoms with Crippen molar-refractivity contribution in [3.8, 4) is 10.7 Å². The quantitative estimate of drug-likeness (QED) is 0.807. The topological polar surface area (TPSA) is 68.2 Å². The van der Waals surface area contributed by atoms with E-state index in [2.05, 4.69) is 15.0 Å². The smallest absolute Gasteiger partial charge is 0.230 e. The first-order valence-corrected chi connectivity index (χ1v) is 7.25. The van der Waals surface area contributed by atoms with Gasteiger partial charge in [-0.15, -0.1) is 11.3 Å². The predicted molar refractivity (Wildman–Crippen MR) is 76.6 cm³/mol. The summed E-state index contributed by atoms with van der Waals surface area (Å²) >= 11 is 7.30. The molecule has 20 heavy (non-hydrogen) atoms. The molecule has 6 nitrogen and oxygen atoms in total. The molecule has 0 aromatic carbocycles. The van der Waals surface area contributed by atoms with Crippen LogP contribution in [-0.2, 0) is 4.74 Å². The molecule has 3 rings (SSSR count). The number of thiophene rings is 1. The van der Waals surface area contributed by atoms with Crippen LogP contribution in [0.15, 0.2) is 12.1 Å². The molecule has 2 aromatic rings. The number of ether oxygens (including phenoxy) is 1. The van der Waals surface area contributed by atoms with Gasteiger partial charge in [-0.1, -0.05) is 0 Å². The number of aldehydes is 1. The maximum absolute atomic E-state index is 10.7. The van der Waals surface area contributed by atoms with Gasteiger partial charge >= 0.3 is 0 Å². The number of hydrogen-bond acceptors (Lipinski definition) is 7. The standard InChI is InChI=1S/C12H11ClN4O2S/c13-11-14-10(9-2-1-8(7-18)20-9)15-12(16-11)17-3-5-19-6-4-17/h1-2,7H,3-6H2. The SMILES string of the molecule is O=Cc1ccc(-c2nc(Cl)nc(N3CCOCC3)n2)s1. The van der Waals surface area contributed by atoms with Crippen molar-refractivity contribution in [1.82, 2.24) is 15.0 Å². The summed E-state index contributed by atoms with van der Waals surface area (Å²) in [5.74, 6) is 1.04. The first kappa shape index (κ1) is 13.4. The number of halogens is 1. The molecule has 0 N–H and O–H groups in total. The highest BCUT2D eigenvalue weighted by atomic mass is 35.5. The Balaban J connectivity index is 1.95. The summed E-state index contributed by atoms with van der Waals surface area (Å²) in [5.41, 5.74) is 0. The van der Waals surface area contributed by atoms with E-state index in [1.807, 2.05) is 11.0 Å². The Morgan fingerprint density at radius 2 is 2.05 bits per heavy atom. The number of hydrogen-bond donors (Lipinski definition) is 0. The molecule has 2 aromatic heterocycles. The molecule has 0 radical (unpaired) electrons. The van der Waals surface area contributed by atoms with Crippen molar-refractivity contribution in [3.05, 3.63) is 22.3 Å². The van der Waals surface area contributed by atoms with Gasteiger partial charge in [-0.05, 0) is 23.7 Å². The van der Waals surface area contributed by atoms with Gasteiger partial charge in [0.25, 0.3) is 0 Å². The number of aromatic nitrogens is 3. The number of rotatable bonds is 3. The third-order valence-electron chi connectivity index (χ3n) is 2.85. The van der Waals surface area contributed by atoms with E-state index in [9.17, 15) is 4.79 Å². The van der Waals surface area contributed by atoms with Crippen molar-refractivity contribution in [2.75, 3.05) is 31.2 Å². The highest BCUT2D eigenvalue weighted by Gasteiger charge is 2.17. The molecule has 1 fully saturated rings. The van der Waals surface area contributed by atoms with Crippen molar-refractivity contribution >= 4 is 35.2 Å². The molecule has 104 valence electrons. The zero-order chi connectivity index (χ0) is 13.9. The summed E-state index contributed by atoms with van der Waals surface area (Å²) in [5, 5.41) is 0.151. The summed E-state index contributed by atoms with van der Waals surface area (Å²) in [7, 11) is 0. The van der Waals surface area contributed by atoms with Gasteiger partial charge < -0.3 is 9.64 Å². The first-order chi connectivity index (χ1) is 9.76. The van der Waals surface area contributed by atoms with Crippen molar-refractivity contribution in [3.63, 3.8) is 0 Å². The van der Waals surface area contributed by atoms with Crippen LogP contribution in [0.5, 0.6) is 0 Å². The lowest BCUT2D eigenvalue weighted by atomic mass is 10.4. The Labute approximate surface area is 124 Å². The van der Waals surface area contributed by atoms with Crippen molar-refractivity contribution in [2.24, 2.45) is 0 Å². The largest absolute Gasteiger partial charge is 0.378 e. The Morgan fingerprint density at radius 1 is 1.25 bits per heavy atom. The Bertz CT molecular complexity index is 628. The second-order valence-electron chi connectivity index (χ2n) is 4.15. The van der Waals surface area contributed by atoms with Crippen LogP contribution in [0.3, 0.4) is 0 Å². The zero-order valence-electron chi connectivity index (χ0n) is 10.5. The van der Waals surface area contributed by atoms with Crippen LogP contribution in [0, 0.1) is 0 Å². The van der Waals surface area contributed by atoms with E-state index < -0.39 is 0 Å². The molecule has 8 heteroatoms. The molecule has 0 bridgehead atoms. The van der Waals surface area contributed by atoms with E-state index in [0.717, 1.165) is 24.3 Å². The van der Waals surface area contributed by atoms with Crippen LogP contribution in [0.1, 0.15) is 9.67 Å². The Morgan fingerprint density at radius 3 is 2.75 bits per heavy atom. The van der Waals surface area contributed by atoms with E-state index in [4.69, 9.17) is 16.3 Å².